The lowest BCUT2D eigenvalue weighted by molar-refractivity contribution is 0.102. The Morgan fingerprint density at radius 3 is 2.27 bits per heavy atom. The van der Waals surface area contributed by atoms with Gasteiger partial charge in [-0.2, -0.15) is 0 Å². The lowest BCUT2D eigenvalue weighted by Crippen LogP contribution is -2.35. The molecule has 0 aromatic heterocycles. The van der Waals surface area contributed by atoms with Gasteiger partial charge in [0.05, 0.1) is 5.69 Å². The van der Waals surface area contributed by atoms with Crippen LogP contribution in [0.5, 0.6) is 5.75 Å². The zero-order valence-corrected chi connectivity index (χ0v) is 19.0. The number of rotatable bonds is 7. The van der Waals surface area contributed by atoms with E-state index < -0.39 is 0 Å². The first-order valence-corrected chi connectivity index (χ1v) is 11.2. The van der Waals surface area contributed by atoms with E-state index in [2.05, 4.69) is 47.7 Å². The summed E-state index contributed by atoms with van der Waals surface area (Å²) in [7, 11) is 2.15. The molecule has 5 nitrogen and oxygen atoms in total. The van der Waals surface area contributed by atoms with Gasteiger partial charge in [0, 0.05) is 29.9 Å². The Morgan fingerprint density at radius 1 is 1.03 bits per heavy atom. The first-order chi connectivity index (χ1) is 16.1. The molecule has 0 saturated carbocycles. The van der Waals surface area contributed by atoms with Gasteiger partial charge >= 0.3 is 0 Å². The predicted molar refractivity (Wildman–Crippen MR) is 137 cm³/mol. The van der Waals surface area contributed by atoms with E-state index in [-0.39, 0.29) is 5.91 Å². The quantitative estimate of drug-likeness (QED) is 0.456. The van der Waals surface area contributed by atoms with Crippen molar-refractivity contribution in [2.45, 2.75) is 18.9 Å². The highest BCUT2D eigenvalue weighted by Gasteiger charge is 2.18. The van der Waals surface area contributed by atoms with Crippen LogP contribution in [0, 0.1) is 0 Å². The Kier molecular flexibility index (Phi) is 7.01. The summed E-state index contributed by atoms with van der Waals surface area (Å²) in [5, 5.41) is 2.94. The van der Waals surface area contributed by atoms with Crippen LogP contribution in [-0.4, -0.2) is 43.8 Å². The van der Waals surface area contributed by atoms with Gasteiger partial charge in [0.2, 0.25) is 0 Å². The predicted octanol–water partition coefficient (Wildman–Crippen LogP) is 6.05. The summed E-state index contributed by atoms with van der Waals surface area (Å²) in [6.45, 7) is 9.48. The summed E-state index contributed by atoms with van der Waals surface area (Å²) < 4.78 is 6.14. The molecule has 0 unspecified atom stereocenters. The topological polar surface area (TPSA) is 53.9 Å². The molecule has 1 fully saturated rings. The smallest absolute Gasteiger partial charge is 0.255 e. The molecule has 0 spiro atoms. The van der Waals surface area contributed by atoms with Gasteiger partial charge in [0.15, 0.2) is 0 Å². The molecule has 3 aromatic carbocycles. The van der Waals surface area contributed by atoms with Crippen LogP contribution in [0.1, 0.15) is 28.8 Å². The SMILES string of the molecule is C=Cc1cc(C(=O)Nc2ccc(-c3ccc(OC4CCN(C)CC4)cc3)cc2)ccc1N=C. The molecule has 5 heteroatoms. The number of piperidine rings is 1. The average Bonchev–Trinajstić information content (AvgIpc) is 2.86. The molecule has 4 rings (SSSR count). The van der Waals surface area contributed by atoms with E-state index in [1.165, 1.54) is 0 Å². The molecule has 0 radical (unpaired) electrons. The maximum atomic E-state index is 12.6. The number of amides is 1. The third-order valence-corrected chi connectivity index (χ3v) is 5.98. The molecule has 0 atom stereocenters. The number of carbonyl (C=O) groups excluding carboxylic acids is 1. The minimum Gasteiger partial charge on any atom is -0.490 e. The van der Waals surface area contributed by atoms with Gasteiger partial charge in [-0.25, -0.2) is 0 Å². The molecule has 33 heavy (non-hydrogen) atoms. The molecule has 1 amide bonds. The van der Waals surface area contributed by atoms with E-state index in [9.17, 15) is 4.79 Å². The molecule has 3 aromatic rings. The molecular weight excluding hydrogens is 410 g/mol. The normalized spacial score (nSPS) is 14.5. The zero-order chi connectivity index (χ0) is 23.2. The third-order valence-electron chi connectivity index (χ3n) is 5.98. The van der Waals surface area contributed by atoms with Crippen LogP contribution in [0.15, 0.2) is 78.3 Å². The Hall–Kier alpha value is -3.70. The lowest BCUT2D eigenvalue weighted by atomic mass is 10.0. The number of anilines is 1. The van der Waals surface area contributed by atoms with Crippen molar-refractivity contribution in [3.05, 3.63) is 84.4 Å². The number of aliphatic imine (C=N–C) groups is 1. The van der Waals surface area contributed by atoms with E-state index in [0.29, 0.717) is 17.4 Å². The van der Waals surface area contributed by atoms with E-state index in [0.717, 1.165) is 54.1 Å². The van der Waals surface area contributed by atoms with Crippen molar-refractivity contribution in [3.63, 3.8) is 0 Å². The van der Waals surface area contributed by atoms with Crippen LogP contribution < -0.4 is 10.1 Å². The number of ether oxygens (including phenoxy) is 1. The highest BCUT2D eigenvalue weighted by Crippen LogP contribution is 2.26. The van der Waals surface area contributed by atoms with Crippen molar-refractivity contribution in [1.29, 1.82) is 0 Å². The average molecular weight is 440 g/mol. The summed E-state index contributed by atoms with van der Waals surface area (Å²) in [4.78, 5) is 18.9. The zero-order valence-electron chi connectivity index (χ0n) is 19.0. The van der Waals surface area contributed by atoms with E-state index in [1.807, 2.05) is 36.4 Å². The second kappa shape index (κ2) is 10.3. The Bertz CT molecular complexity index is 1130. The highest BCUT2D eigenvalue weighted by atomic mass is 16.5. The first kappa shape index (κ1) is 22.5. The monoisotopic (exact) mass is 439 g/mol. The molecule has 168 valence electrons. The van der Waals surface area contributed by atoms with Crippen LogP contribution in [0.3, 0.4) is 0 Å². The Morgan fingerprint density at radius 2 is 1.67 bits per heavy atom. The van der Waals surface area contributed by atoms with Crippen LogP contribution in [-0.2, 0) is 0 Å². The molecule has 1 saturated heterocycles. The number of nitrogens with one attached hydrogen (secondary N) is 1. The van der Waals surface area contributed by atoms with E-state index in [4.69, 9.17) is 4.74 Å². The number of carbonyl (C=O) groups is 1. The second-order valence-electron chi connectivity index (χ2n) is 8.31. The number of likely N-dealkylation sites (tertiary alicyclic amines) is 1. The minimum absolute atomic E-state index is 0.183. The number of hydrogen-bond acceptors (Lipinski definition) is 4. The summed E-state index contributed by atoms with van der Waals surface area (Å²) in [6.07, 6.45) is 4.09. The number of hydrogen-bond donors (Lipinski definition) is 1. The van der Waals surface area contributed by atoms with Crippen molar-refractivity contribution in [2.24, 2.45) is 4.99 Å². The Labute approximate surface area is 195 Å². The molecule has 1 aliphatic heterocycles. The van der Waals surface area contributed by atoms with Crippen LogP contribution in [0.2, 0.25) is 0 Å². The molecular formula is C28H29N3O2. The van der Waals surface area contributed by atoms with Crippen LogP contribution >= 0.6 is 0 Å². The maximum absolute atomic E-state index is 12.6. The van der Waals surface area contributed by atoms with Gasteiger partial charge in [-0.3, -0.25) is 9.79 Å². The van der Waals surface area contributed by atoms with Crippen molar-refractivity contribution in [2.75, 3.05) is 25.5 Å². The second-order valence-corrected chi connectivity index (χ2v) is 8.31. The number of nitrogens with zero attached hydrogens (tertiary/aromatic N) is 2. The molecule has 0 bridgehead atoms. The fraction of sp³-hybridized carbons (Fsp3) is 0.214. The van der Waals surface area contributed by atoms with E-state index in [1.54, 1.807) is 24.3 Å². The standard InChI is InChI=1S/C28H29N3O2/c1-4-20-19-23(9-14-27(20)29-2)28(32)30-24-10-5-21(6-11-24)22-7-12-25(13-8-22)33-26-15-17-31(3)18-16-26/h4-14,19,26H,1-2,15-18H2,3H3,(H,30,32). The van der Waals surface area contributed by atoms with Gasteiger partial charge in [0.25, 0.3) is 5.91 Å². The maximum Gasteiger partial charge on any atom is 0.255 e. The summed E-state index contributed by atoms with van der Waals surface area (Å²) in [6, 6.07) is 21.3. The third kappa shape index (κ3) is 5.57. The van der Waals surface area contributed by atoms with Gasteiger partial charge in [-0.15, -0.1) is 0 Å². The van der Waals surface area contributed by atoms with Crippen molar-refractivity contribution >= 4 is 30.1 Å². The molecule has 1 aliphatic rings. The van der Waals surface area contributed by atoms with Crippen molar-refractivity contribution < 1.29 is 9.53 Å². The van der Waals surface area contributed by atoms with Gasteiger partial charge < -0.3 is 15.0 Å². The summed E-state index contributed by atoms with van der Waals surface area (Å²) >= 11 is 0. The molecule has 1 N–H and O–H groups in total. The summed E-state index contributed by atoms with van der Waals surface area (Å²) in [5.74, 6) is 0.727. The highest BCUT2D eigenvalue weighted by molar-refractivity contribution is 6.05. The molecule has 1 heterocycles. The van der Waals surface area contributed by atoms with Crippen molar-refractivity contribution in [1.82, 2.24) is 4.90 Å². The fourth-order valence-electron chi connectivity index (χ4n) is 3.97. The Balaban J connectivity index is 1.38. The molecule has 0 aliphatic carbocycles. The largest absolute Gasteiger partial charge is 0.490 e. The van der Waals surface area contributed by atoms with Gasteiger partial charge in [-0.1, -0.05) is 36.9 Å². The lowest BCUT2D eigenvalue weighted by Gasteiger charge is -2.29. The van der Waals surface area contributed by atoms with Crippen molar-refractivity contribution in [3.8, 4) is 16.9 Å². The van der Waals surface area contributed by atoms with E-state index >= 15 is 0 Å². The minimum atomic E-state index is -0.183. The van der Waals surface area contributed by atoms with Crippen LogP contribution in [0.4, 0.5) is 11.4 Å². The van der Waals surface area contributed by atoms with Gasteiger partial charge in [-0.05, 0) is 80.2 Å². The van der Waals surface area contributed by atoms with Gasteiger partial charge in [0.1, 0.15) is 11.9 Å². The fourth-order valence-corrected chi connectivity index (χ4v) is 3.97. The number of benzene rings is 3. The summed E-state index contributed by atoms with van der Waals surface area (Å²) in [5.41, 5.74) is 4.93. The van der Waals surface area contributed by atoms with Crippen LogP contribution in [0.25, 0.3) is 17.2 Å². The first-order valence-electron chi connectivity index (χ1n) is 11.2.